The van der Waals surface area contributed by atoms with Crippen LogP contribution in [0.4, 0.5) is 5.95 Å². The molecule has 1 fully saturated rings. The van der Waals surface area contributed by atoms with Crippen molar-refractivity contribution >= 4 is 17.8 Å². The van der Waals surface area contributed by atoms with E-state index < -0.39 is 17.5 Å². The van der Waals surface area contributed by atoms with E-state index in [2.05, 4.69) is 9.97 Å². The number of likely N-dealkylation sites (tertiary alicyclic amines) is 1. The lowest BCUT2D eigenvalue weighted by molar-refractivity contribution is -0.162. The van der Waals surface area contributed by atoms with Gasteiger partial charge in [0.25, 0.3) is 5.91 Å². The molecule has 8 nitrogen and oxygen atoms in total. The molecule has 1 aliphatic rings. The lowest BCUT2D eigenvalue weighted by Crippen LogP contribution is -2.57. The van der Waals surface area contributed by atoms with Crippen molar-refractivity contribution in [3.63, 3.8) is 0 Å². The second-order valence-corrected chi connectivity index (χ2v) is 6.81. The molecule has 138 valence electrons. The number of nitrogens with zero attached hydrogens (tertiary/aromatic N) is 4. The molecule has 0 aliphatic carbocycles. The van der Waals surface area contributed by atoms with E-state index in [0.29, 0.717) is 36.6 Å². The molecule has 1 aliphatic heterocycles. The molecule has 0 bridgehead atoms. The minimum absolute atomic E-state index is 0.00888. The first-order valence-electron chi connectivity index (χ1n) is 8.44. The van der Waals surface area contributed by atoms with E-state index in [4.69, 9.17) is 0 Å². The van der Waals surface area contributed by atoms with Crippen LogP contribution in [-0.4, -0.2) is 70.2 Å². The maximum Gasteiger partial charge on any atom is 0.314 e. The number of aliphatic hydroxyl groups is 1. The van der Waals surface area contributed by atoms with Crippen LogP contribution in [0.25, 0.3) is 0 Å². The van der Waals surface area contributed by atoms with Gasteiger partial charge >= 0.3 is 5.97 Å². The smallest absolute Gasteiger partial charge is 0.314 e. The van der Waals surface area contributed by atoms with Crippen molar-refractivity contribution in [3.8, 4) is 0 Å². The maximum absolute atomic E-state index is 12.9. The van der Waals surface area contributed by atoms with Crippen LogP contribution in [-0.2, 0) is 4.79 Å². The van der Waals surface area contributed by atoms with Crippen molar-refractivity contribution in [2.45, 2.75) is 39.2 Å². The van der Waals surface area contributed by atoms with Gasteiger partial charge in [-0.3, -0.25) is 9.59 Å². The number of amides is 1. The molecule has 0 saturated carbocycles. The van der Waals surface area contributed by atoms with E-state index in [1.54, 1.807) is 11.8 Å². The van der Waals surface area contributed by atoms with Gasteiger partial charge in [0.2, 0.25) is 5.95 Å². The minimum Gasteiger partial charge on any atom is -0.481 e. The van der Waals surface area contributed by atoms with Gasteiger partial charge in [0.05, 0.1) is 17.4 Å². The lowest BCUT2D eigenvalue weighted by Gasteiger charge is -2.43. The Morgan fingerprint density at radius 2 is 2.12 bits per heavy atom. The molecule has 0 radical (unpaired) electrons. The minimum atomic E-state index is -1.32. The van der Waals surface area contributed by atoms with Gasteiger partial charge in [-0.15, -0.1) is 0 Å². The molecule has 1 saturated heterocycles. The zero-order valence-electron chi connectivity index (χ0n) is 15.2. The first-order valence-corrected chi connectivity index (χ1v) is 8.44. The highest BCUT2D eigenvalue weighted by Crippen LogP contribution is 2.36. The SMILES string of the molecule is CCC[C@@]1(C(=O)O)CN(C(=O)c2cnc(N(C)C)nc2C)CC[C@H]1O. The lowest BCUT2D eigenvalue weighted by atomic mass is 9.74. The van der Waals surface area contributed by atoms with Gasteiger partial charge < -0.3 is 20.0 Å². The Balaban J connectivity index is 2.29. The molecule has 2 rings (SSSR count). The molecule has 0 aromatic carbocycles. The molecule has 2 heterocycles. The molecule has 8 heteroatoms. The Bertz CT molecular complexity index is 664. The average Bonchev–Trinajstić information content (AvgIpc) is 2.56. The fraction of sp³-hybridized carbons (Fsp3) is 0.647. The number of hydrogen-bond acceptors (Lipinski definition) is 6. The largest absolute Gasteiger partial charge is 0.481 e. The summed E-state index contributed by atoms with van der Waals surface area (Å²) in [5.41, 5.74) is -0.412. The van der Waals surface area contributed by atoms with Crippen LogP contribution in [0, 0.1) is 12.3 Å². The molecule has 25 heavy (non-hydrogen) atoms. The number of carbonyl (C=O) groups is 2. The van der Waals surface area contributed by atoms with Crippen LogP contribution in [0.15, 0.2) is 6.20 Å². The summed E-state index contributed by atoms with van der Waals surface area (Å²) in [5, 5.41) is 20.0. The van der Waals surface area contributed by atoms with Crippen LogP contribution >= 0.6 is 0 Å². The summed E-state index contributed by atoms with van der Waals surface area (Å²) in [6, 6.07) is 0. The fourth-order valence-corrected chi connectivity index (χ4v) is 3.31. The second kappa shape index (κ2) is 7.35. The van der Waals surface area contributed by atoms with Crippen molar-refractivity contribution in [2.75, 3.05) is 32.1 Å². The molecule has 1 aromatic heterocycles. The van der Waals surface area contributed by atoms with Gasteiger partial charge in [0.15, 0.2) is 0 Å². The third-order valence-electron chi connectivity index (χ3n) is 4.79. The molecule has 1 amide bonds. The number of carboxylic acid groups (broad SMARTS) is 1. The van der Waals surface area contributed by atoms with Crippen molar-refractivity contribution < 1.29 is 19.8 Å². The van der Waals surface area contributed by atoms with Gasteiger partial charge in [-0.25, -0.2) is 9.97 Å². The van der Waals surface area contributed by atoms with Crippen molar-refractivity contribution in [2.24, 2.45) is 5.41 Å². The Kier molecular flexibility index (Phi) is 5.62. The van der Waals surface area contributed by atoms with E-state index in [1.165, 1.54) is 11.1 Å². The maximum atomic E-state index is 12.9. The second-order valence-electron chi connectivity index (χ2n) is 6.81. The zero-order valence-corrected chi connectivity index (χ0v) is 15.2. The van der Waals surface area contributed by atoms with Crippen molar-refractivity contribution in [3.05, 3.63) is 17.5 Å². The van der Waals surface area contributed by atoms with Crippen molar-refractivity contribution in [1.29, 1.82) is 0 Å². The van der Waals surface area contributed by atoms with Crippen LogP contribution in [0.1, 0.15) is 42.2 Å². The van der Waals surface area contributed by atoms with E-state index in [-0.39, 0.29) is 18.9 Å². The number of aliphatic hydroxyl groups excluding tert-OH is 1. The molecular formula is C17H26N4O4. The number of carboxylic acids is 1. The third kappa shape index (κ3) is 3.58. The van der Waals surface area contributed by atoms with E-state index in [1.807, 2.05) is 21.0 Å². The third-order valence-corrected chi connectivity index (χ3v) is 4.79. The van der Waals surface area contributed by atoms with Crippen LogP contribution in [0.5, 0.6) is 0 Å². The van der Waals surface area contributed by atoms with Gasteiger partial charge in [-0.2, -0.15) is 0 Å². The summed E-state index contributed by atoms with van der Waals surface area (Å²) in [6.07, 6.45) is 1.71. The fourth-order valence-electron chi connectivity index (χ4n) is 3.31. The number of hydrogen-bond donors (Lipinski definition) is 2. The predicted molar refractivity (Wildman–Crippen MR) is 92.6 cm³/mol. The molecule has 2 N–H and O–H groups in total. The van der Waals surface area contributed by atoms with Crippen LogP contribution < -0.4 is 4.90 Å². The molecule has 0 spiro atoms. The van der Waals surface area contributed by atoms with Crippen LogP contribution in [0.3, 0.4) is 0 Å². The topological polar surface area (TPSA) is 107 Å². The monoisotopic (exact) mass is 350 g/mol. The molecular weight excluding hydrogens is 324 g/mol. The number of rotatable bonds is 5. The van der Waals surface area contributed by atoms with E-state index in [0.717, 1.165) is 0 Å². The van der Waals surface area contributed by atoms with Crippen LogP contribution in [0.2, 0.25) is 0 Å². The normalized spacial score (nSPS) is 23.4. The highest BCUT2D eigenvalue weighted by atomic mass is 16.4. The summed E-state index contributed by atoms with van der Waals surface area (Å²) < 4.78 is 0. The first kappa shape index (κ1) is 19.1. The summed E-state index contributed by atoms with van der Waals surface area (Å²) in [4.78, 5) is 36.5. The Labute approximate surface area is 147 Å². The van der Waals surface area contributed by atoms with Gasteiger partial charge in [-0.1, -0.05) is 13.3 Å². The van der Waals surface area contributed by atoms with Gasteiger partial charge in [0.1, 0.15) is 5.41 Å². The average molecular weight is 350 g/mol. The summed E-state index contributed by atoms with van der Waals surface area (Å²) >= 11 is 0. The standard InChI is InChI=1S/C17H26N4O4/c1-5-7-17(15(24)25)10-21(8-6-13(17)22)14(23)12-9-18-16(20(3)4)19-11(12)2/h9,13,22H,5-8,10H2,1-4H3,(H,24,25)/t13-,17-/m1/s1. The molecule has 2 atom stereocenters. The van der Waals surface area contributed by atoms with Gasteiger partial charge in [0, 0.05) is 33.4 Å². The number of piperidine rings is 1. The van der Waals surface area contributed by atoms with Crippen molar-refractivity contribution in [1.82, 2.24) is 14.9 Å². The summed E-state index contributed by atoms with van der Waals surface area (Å²) in [7, 11) is 3.63. The van der Waals surface area contributed by atoms with E-state index in [9.17, 15) is 19.8 Å². The Hall–Kier alpha value is -2.22. The Morgan fingerprint density at radius 1 is 1.44 bits per heavy atom. The predicted octanol–water partition coefficient (Wildman–Crippen LogP) is 0.929. The number of aryl methyl sites for hydroxylation is 1. The quantitative estimate of drug-likeness (QED) is 0.813. The van der Waals surface area contributed by atoms with Gasteiger partial charge in [-0.05, 0) is 19.8 Å². The van der Waals surface area contributed by atoms with E-state index >= 15 is 0 Å². The highest BCUT2D eigenvalue weighted by Gasteiger charge is 2.49. The number of carbonyl (C=O) groups excluding carboxylic acids is 1. The molecule has 0 unspecified atom stereocenters. The molecule has 1 aromatic rings. The number of aliphatic carboxylic acids is 1. The highest BCUT2D eigenvalue weighted by molar-refractivity contribution is 5.95. The first-order chi connectivity index (χ1) is 11.7. The number of anilines is 1. The number of aromatic nitrogens is 2. The summed E-state index contributed by atoms with van der Waals surface area (Å²) in [5.74, 6) is -0.847. The summed E-state index contributed by atoms with van der Waals surface area (Å²) in [6.45, 7) is 3.91. The Morgan fingerprint density at radius 3 is 2.64 bits per heavy atom. The zero-order chi connectivity index (χ0) is 18.8.